The van der Waals surface area contributed by atoms with E-state index in [4.69, 9.17) is 0 Å². The molecule has 4 nitrogen and oxygen atoms in total. The molecular weight excluding hydrogens is 248 g/mol. The molecule has 0 aliphatic carbocycles. The zero-order chi connectivity index (χ0) is 13.4. The highest BCUT2D eigenvalue weighted by atomic mass is 32.2. The third-order valence-corrected chi connectivity index (χ3v) is 3.44. The van der Waals surface area contributed by atoms with E-state index in [1.807, 2.05) is 30.3 Å². The van der Waals surface area contributed by atoms with E-state index in [0.29, 0.717) is 5.75 Å². The van der Waals surface area contributed by atoms with Crippen molar-refractivity contribution in [3.05, 3.63) is 35.9 Å². The fraction of sp³-hybridized carbons (Fsp3) is 0.385. The maximum Gasteiger partial charge on any atom is 0.243 e. The van der Waals surface area contributed by atoms with Gasteiger partial charge in [-0.2, -0.15) is 11.8 Å². The van der Waals surface area contributed by atoms with Crippen LogP contribution in [0.4, 0.5) is 0 Å². The van der Waals surface area contributed by atoms with Gasteiger partial charge in [0.2, 0.25) is 11.8 Å². The summed E-state index contributed by atoms with van der Waals surface area (Å²) >= 11 is 1.62. The Labute approximate surface area is 112 Å². The van der Waals surface area contributed by atoms with E-state index in [-0.39, 0.29) is 11.8 Å². The van der Waals surface area contributed by atoms with Crippen LogP contribution < -0.4 is 10.6 Å². The van der Waals surface area contributed by atoms with Gasteiger partial charge in [-0.1, -0.05) is 30.3 Å². The van der Waals surface area contributed by atoms with Gasteiger partial charge < -0.3 is 10.6 Å². The predicted octanol–water partition coefficient (Wildman–Crippen LogP) is 1.17. The Bertz CT molecular complexity index is 395. The number of thioether (sulfide) groups is 1. The average Bonchev–Trinajstić information content (AvgIpc) is 2.37. The molecule has 0 saturated heterocycles. The quantitative estimate of drug-likeness (QED) is 0.812. The highest BCUT2D eigenvalue weighted by molar-refractivity contribution is 7.98. The molecule has 0 bridgehead atoms. The molecular formula is C13H18N2O2S. The van der Waals surface area contributed by atoms with Gasteiger partial charge in [0.25, 0.3) is 0 Å². The zero-order valence-electron chi connectivity index (χ0n) is 10.6. The number of nitrogens with one attached hydrogen (secondary N) is 2. The van der Waals surface area contributed by atoms with E-state index in [1.165, 1.54) is 12.5 Å². The molecule has 0 aromatic heterocycles. The van der Waals surface area contributed by atoms with E-state index in [2.05, 4.69) is 10.6 Å². The van der Waals surface area contributed by atoms with Gasteiger partial charge in [0.05, 0.1) is 0 Å². The fourth-order valence-electron chi connectivity index (χ4n) is 1.47. The first-order valence-electron chi connectivity index (χ1n) is 5.74. The van der Waals surface area contributed by atoms with Crippen molar-refractivity contribution in [2.45, 2.75) is 18.7 Å². The van der Waals surface area contributed by atoms with Crippen molar-refractivity contribution < 1.29 is 9.59 Å². The first-order valence-corrected chi connectivity index (χ1v) is 6.89. The van der Waals surface area contributed by atoms with Gasteiger partial charge in [-0.25, -0.2) is 0 Å². The van der Waals surface area contributed by atoms with Crippen molar-refractivity contribution >= 4 is 23.6 Å². The third kappa shape index (κ3) is 5.23. The molecule has 1 aromatic rings. The van der Waals surface area contributed by atoms with Crippen molar-refractivity contribution in [2.24, 2.45) is 0 Å². The Morgan fingerprint density at radius 2 is 1.94 bits per heavy atom. The smallest absolute Gasteiger partial charge is 0.243 e. The molecule has 0 unspecified atom stereocenters. The van der Waals surface area contributed by atoms with Crippen molar-refractivity contribution in [3.8, 4) is 0 Å². The van der Waals surface area contributed by atoms with Crippen LogP contribution in [0.3, 0.4) is 0 Å². The molecule has 2 N–H and O–H groups in total. The first-order chi connectivity index (χ1) is 8.63. The van der Waals surface area contributed by atoms with Crippen LogP contribution in [0.15, 0.2) is 30.3 Å². The van der Waals surface area contributed by atoms with Crippen LogP contribution in [-0.2, 0) is 15.3 Å². The number of rotatable bonds is 6. The summed E-state index contributed by atoms with van der Waals surface area (Å²) in [7, 11) is 1.57. The third-order valence-electron chi connectivity index (χ3n) is 2.34. The number of hydrogen-bond donors (Lipinski definition) is 2. The zero-order valence-corrected chi connectivity index (χ0v) is 11.4. The van der Waals surface area contributed by atoms with Crippen molar-refractivity contribution in [3.63, 3.8) is 0 Å². The molecule has 5 heteroatoms. The molecule has 1 atom stereocenters. The number of hydrogen-bond acceptors (Lipinski definition) is 3. The lowest BCUT2D eigenvalue weighted by atomic mass is 10.2. The van der Waals surface area contributed by atoms with Crippen molar-refractivity contribution in [2.75, 3.05) is 12.8 Å². The van der Waals surface area contributed by atoms with Crippen LogP contribution in [0, 0.1) is 0 Å². The Kier molecular flexibility index (Phi) is 6.28. The summed E-state index contributed by atoms with van der Waals surface area (Å²) in [6, 6.07) is 9.56. The Morgan fingerprint density at radius 1 is 1.28 bits per heavy atom. The van der Waals surface area contributed by atoms with E-state index >= 15 is 0 Å². The summed E-state index contributed by atoms with van der Waals surface area (Å²) in [4.78, 5) is 22.6. The normalized spacial score (nSPS) is 11.7. The van der Waals surface area contributed by atoms with Gasteiger partial charge in [-0.05, 0) is 5.56 Å². The van der Waals surface area contributed by atoms with Crippen LogP contribution >= 0.6 is 11.8 Å². The number of carbonyl (C=O) groups excluding carboxylic acids is 2. The second-order valence-corrected chi connectivity index (χ2v) is 4.90. The molecule has 0 fully saturated rings. The number of benzene rings is 1. The van der Waals surface area contributed by atoms with Crippen LogP contribution in [0.1, 0.15) is 12.5 Å². The molecule has 2 amide bonds. The highest BCUT2D eigenvalue weighted by Gasteiger charge is 2.17. The van der Waals surface area contributed by atoms with Crippen molar-refractivity contribution in [1.82, 2.24) is 10.6 Å². The molecule has 18 heavy (non-hydrogen) atoms. The van der Waals surface area contributed by atoms with Gasteiger partial charge in [0.1, 0.15) is 6.04 Å². The summed E-state index contributed by atoms with van der Waals surface area (Å²) in [5.74, 6) is 1.04. The summed E-state index contributed by atoms with van der Waals surface area (Å²) in [5, 5.41) is 5.20. The lowest BCUT2D eigenvalue weighted by molar-refractivity contribution is -0.127. The summed E-state index contributed by atoms with van der Waals surface area (Å²) in [5.41, 5.74) is 1.21. The Hall–Kier alpha value is -1.49. The molecule has 0 aliphatic heterocycles. The standard InChI is InChI=1S/C13H18N2O2S/c1-10(16)15-12(13(17)14-2)9-18-8-11-6-4-3-5-7-11/h3-7,12H,8-9H2,1-2H3,(H,14,17)(H,15,16)/t12-/m0/s1. The lowest BCUT2D eigenvalue weighted by Crippen LogP contribution is -2.46. The van der Waals surface area contributed by atoms with Crippen LogP contribution in [0.5, 0.6) is 0 Å². The SMILES string of the molecule is CNC(=O)[C@H](CSCc1ccccc1)NC(C)=O. The van der Waals surface area contributed by atoms with E-state index in [1.54, 1.807) is 18.8 Å². The number of likely N-dealkylation sites (N-methyl/N-ethyl adjacent to an activating group) is 1. The van der Waals surface area contributed by atoms with E-state index in [9.17, 15) is 9.59 Å². The summed E-state index contributed by atoms with van der Waals surface area (Å²) in [6.45, 7) is 1.41. The molecule has 1 rings (SSSR count). The van der Waals surface area contributed by atoms with Gasteiger partial charge in [-0.3, -0.25) is 9.59 Å². The monoisotopic (exact) mass is 266 g/mol. The van der Waals surface area contributed by atoms with Crippen molar-refractivity contribution in [1.29, 1.82) is 0 Å². The second-order valence-electron chi connectivity index (χ2n) is 3.87. The summed E-state index contributed by atoms with van der Waals surface area (Å²) < 4.78 is 0. The number of amides is 2. The van der Waals surface area contributed by atoms with Gasteiger partial charge in [0.15, 0.2) is 0 Å². The van der Waals surface area contributed by atoms with Gasteiger partial charge in [-0.15, -0.1) is 0 Å². The molecule has 0 radical (unpaired) electrons. The average molecular weight is 266 g/mol. The van der Waals surface area contributed by atoms with Gasteiger partial charge >= 0.3 is 0 Å². The minimum Gasteiger partial charge on any atom is -0.357 e. The minimum atomic E-state index is -0.471. The number of carbonyl (C=O) groups is 2. The molecule has 1 aromatic carbocycles. The van der Waals surface area contributed by atoms with E-state index in [0.717, 1.165) is 5.75 Å². The Balaban J connectivity index is 2.42. The molecule has 0 spiro atoms. The van der Waals surface area contributed by atoms with Crippen LogP contribution in [-0.4, -0.2) is 30.7 Å². The topological polar surface area (TPSA) is 58.2 Å². The molecule has 0 heterocycles. The lowest BCUT2D eigenvalue weighted by Gasteiger charge is -2.15. The van der Waals surface area contributed by atoms with Crippen LogP contribution in [0.2, 0.25) is 0 Å². The maximum absolute atomic E-state index is 11.6. The molecule has 0 aliphatic rings. The Morgan fingerprint density at radius 3 is 2.50 bits per heavy atom. The second kappa shape index (κ2) is 7.76. The molecule has 0 saturated carbocycles. The predicted molar refractivity (Wildman–Crippen MR) is 74.3 cm³/mol. The molecule has 98 valence electrons. The fourth-order valence-corrected chi connectivity index (χ4v) is 2.49. The highest BCUT2D eigenvalue weighted by Crippen LogP contribution is 2.12. The maximum atomic E-state index is 11.6. The van der Waals surface area contributed by atoms with E-state index < -0.39 is 6.04 Å². The minimum absolute atomic E-state index is 0.161. The first kappa shape index (κ1) is 14.6. The summed E-state index contributed by atoms with van der Waals surface area (Å²) in [6.07, 6.45) is 0. The van der Waals surface area contributed by atoms with Gasteiger partial charge in [0, 0.05) is 25.5 Å². The van der Waals surface area contributed by atoms with Crippen LogP contribution in [0.25, 0.3) is 0 Å². The largest absolute Gasteiger partial charge is 0.357 e.